The van der Waals surface area contributed by atoms with Gasteiger partial charge in [-0.3, -0.25) is 14.5 Å². The molecule has 66 valence electrons. The molecule has 2 amide bonds. The SMILES string of the molecule is CN1C(=O)CC(NC2CC2)C1=O. The van der Waals surface area contributed by atoms with Gasteiger partial charge < -0.3 is 5.32 Å². The quantitative estimate of drug-likeness (QED) is 0.565. The van der Waals surface area contributed by atoms with Crippen molar-refractivity contribution in [3.63, 3.8) is 0 Å². The summed E-state index contributed by atoms with van der Waals surface area (Å²) >= 11 is 0. The number of rotatable bonds is 2. The lowest BCUT2D eigenvalue weighted by molar-refractivity contribution is -0.137. The van der Waals surface area contributed by atoms with Crippen LogP contribution >= 0.6 is 0 Å². The standard InChI is InChI=1S/C8H12N2O2/c1-10-7(11)4-6(8(10)12)9-5-2-3-5/h5-6,9H,2-4H2,1H3. The zero-order valence-corrected chi connectivity index (χ0v) is 7.04. The van der Waals surface area contributed by atoms with Gasteiger partial charge in [-0.1, -0.05) is 0 Å². The maximum absolute atomic E-state index is 11.3. The number of carbonyl (C=O) groups excluding carboxylic acids is 2. The maximum Gasteiger partial charge on any atom is 0.246 e. The number of amides is 2. The van der Waals surface area contributed by atoms with Crippen molar-refractivity contribution in [1.82, 2.24) is 10.2 Å². The average molecular weight is 168 g/mol. The zero-order chi connectivity index (χ0) is 8.72. The molecule has 1 unspecified atom stereocenters. The highest BCUT2D eigenvalue weighted by Crippen LogP contribution is 2.22. The molecular formula is C8H12N2O2. The van der Waals surface area contributed by atoms with Crippen molar-refractivity contribution in [2.24, 2.45) is 0 Å². The molecule has 1 aliphatic carbocycles. The molecule has 0 spiro atoms. The lowest BCUT2D eigenvalue weighted by Gasteiger charge is -2.09. The molecule has 4 nitrogen and oxygen atoms in total. The summed E-state index contributed by atoms with van der Waals surface area (Å²) < 4.78 is 0. The topological polar surface area (TPSA) is 49.4 Å². The Kier molecular flexibility index (Phi) is 1.65. The van der Waals surface area contributed by atoms with Crippen LogP contribution in [-0.2, 0) is 9.59 Å². The van der Waals surface area contributed by atoms with E-state index in [1.165, 1.54) is 4.90 Å². The van der Waals surface area contributed by atoms with Gasteiger partial charge in [0.1, 0.15) is 0 Å². The van der Waals surface area contributed by atoms with Crippen molar-refractivity contribution in [3.8, 4) is 0 Å². The van der Waals surface area contributed by atoms with Crippen LogP contribution < -0.4 is 5.32 Å². The first-order valence-electron chi connectivity index (χ1n) is 4.25. The van der Waals surface area contributed by atoms with E-state index in [1.54, 1.807) is 7.05 Å². The van der Waals surface area contributed by atoms with Crippen LogP contribution in [0.3, 0.4) is 0 Å². The van der Waals surface area contributed by atoms with Crippen LogP contribution in [0.5, 0.6) is 0 Å². The first-order chi connectivity index (χ1) is 5.68. The molecule has 4 heteroatoms. The van der Waals surface area contributed by atoms with Gasteiger partial charge in [0.05, 0.1) is 12.5 Å². The summed E-state index contributed by atoms with van der Waals surface area (Å²) in [5.74, 6) is -0.148. The van der Waals surface area contributed by atoms with E-state index in [0.29, 0.717) is 12.5 Å². The molecule has 2 fully saturated rings. The minimum atomic E-state index is -0.241. The fourth-order valence-corrected chi connectivity index (χ4v) is 1.42. The van der Waals surface area contributed by atoms with E-state index in [9.17, 15) is 9.59 Å². The predicted octanol–water partition coefficient (Wildman–Crippen LogP) is -0.504. The summed E-state index contributed by atoms with van der Waals surface area (Å²) in [4.78, 5) is 23.6. The third-order valence-corrected chi connectivity index (χ3v) is 2.40. The molecule has 1 heterocycles. The number of nitrogens with one attached hydrogen (secondary N) is 1. The van der Waals surface area contributed by atoms with E-state index in [-0.39, 0.29) is 17.9 Å². The summed E-state index contributed by atoms with van der Waals surface area (Å²) in [7, 11) is 1.54. The lowest BCUT2D eigenvalue weighted by Crippen LogP contribution is -2.38. The fourth-order valence-electron chi connectivity index (χ4n) is 1.42. The predicted molar refractivity (Wildman–Crippen MR) is 42.3 cm³/mol. The molecule has 1 N–H and O–H groups in total. The van der Waals surface area contributed by atoms with E-state index >= 15 is 0 Å². The molecule has 2 aliphatic rings. The Morgan fingerprint density at radius 2 is 2.08 bits per heavy atom. The van der Waals surface area contributed by atoms with Crippen molar-refractivity contribution in [1.29, 1.82) is 0 Å². The molecular weight excluding hydrogens is 156 g/mol. The highest BCUT2D eigenvalue weighted by atomic mass is 16.2. The Labute approximate surface area is 70.9 Å². The van der Waals surface area contributed by atoms with Crippen LogP contribution in [0.25, 0.3) is 0 Å². The minimum absolute atomic E-state index is 0.0712. The van der Waals surface area contributed by atoms with Gasteiger partial charge in [0, 0.05) is 13.1 Å². The molecule has 1 aliphatic heterocycles. The molecule has 0 bridgehead atoms. The van der Waals surface area contributed by atoms with Crippen LogP contribution in [0.2, 0.25) is 0 Å². The fraction of sp³-hybridized carbons (Fsp3) is 0.750. The number of likely N-dealkylation sites (N-methyl/N-ethyl adjacent to an activating group) is 1. The second-order valence-corrected chi connectivity index (χ2v) is 3.49. The van der Waals surface area contributed by atoms with Gasteiger partial charge in [-0.15, -0.1) is 0 Å². The molecule has 1 saturated carbocycles. The number of carbonyl (C=O) groups is 2. The maximum atomic E-state index is 11.3. The summed E-state index contributed by atoms with van der Waals surface area (Å²) in [5.41, 5.74) is 0. The van der Waals surface area contributed by atoms with Gasteiger partial charge in [0.15, 0.2) is 0 Å². The van der Waals surface area contributed by atoms with Crippen LogP contribution in [0.4, 0.5) is 0 Å². The van der Waals surface area contributed by atoms with Crippen molar-refractivity contribution in [3.05, 3.63) is 0 Å². The van der Waals surface area contributed by atoms with Crippen molar-refractivity contribution in [2.45, 2.75) is 31.3 Å². The summed E-state index contributed by atoms with van der Waals surface area (Å²) in [6.07, 6.45) is 2.62. The number of nitrogens with zero attached hydrogens (tertiary/aromatic N) is 1. The van der Waals surface area contributed by atoms with Gasteiger partial charge in [0.25, 0.3) is 0 Å². The number of hydrogen-bond donors (Lipinski definition) is 1. The molecule has 2 rings (SSSR count). The van der Waals surface area contributed by atoms with Crippen LogP contribution in [0.1, 0.15) is 19.3 Å². The van der Waals surface area contributed by atoms with E-state index in [2.05, 4.69) is 5.32 Å². The first-order valence-corrected chi connectivity index (χ1v) is 4.25. The third-order valence-electron chi connectivity index (χ3n) is 2.40. The van der Waals surface area contributed by atoms with Crippen LogP contribution in [0.15, 0.2) is 0 Å². The van der Waals surface area contributed by atoms with Gasteiger partial charge in [-0.2, -0.15) is 0 Å². The Balaban J connectivity index is 1.98. The Bertz CT molecular complexity index is 235. The largest absolute Gasteiger partial charge is 0.303 e. The molecule has 0 radical (unpaired) electrons. The van der Waals surface area contributed by atoms with Crippen molar-refractivity contribution >= 4 is 11.8 Å². The van der Waals surface area contributed by atoms with Crippen molar-refractivity contribution < 1.29 is 9.59 Å². The Morgan fingerprint density at radius 1 is 1.42 bits per heavy atom. The van der Waals surface area contributed by atoms with Crippen LogP contribution in [-0.4, -0.2) is 35.8 Å². The average Bonchev–Trinajstić information content (AvgIpc) is 2.80. The molecule has 1 saturated heterocycles. The lowest BCUT2D eigenvalue weighted by atomic mass is 10.2. The van der Waals surface area contributed by atoms with Gasteiger partial charge in [-0.05, 0) is 12.8 Å². The second kappa shape index (κ2) is 2.55. The molecule has 0 aromatic rings. The van der Waals surface area contributed by atoms with Crippen LogP contribution in [0, 0.1) is 0 Å². The normalized spacial score (nSPS) is 30.1. The number of likely N-dealkylation sites (tertiary alicyclic amines) is 1. The Hall–Kier alpha value is -0.900. The van der Waals surface area contributed by atoms with Gasteiger partial charge in [0.2, 0.25) is 11.8 Å². The molecule has 0 aromatic heterocycles. The van der Waals surface area contributed by atoms with E-state index in [0.717, 1.165) is 12.8 Å². The van der Waals surface area contributed by atoms with Gasteiger partial charge in [-0.25, -0.2) is 0 Å². The summed E-state index contributed by atoms with van der Waals surface area (Å²) in [6.45, 7) is 0. The highest BCUT2D eigenvalue weighted by molar-refractivity contribution is 6.05. The van der Waals surface area contributed by atoms with E-state index in [4.69, 9.17) is 0 Å². The molecule has 12 heavy (non-hydrogen) atoms. The number of hydrogen-bond acceptors (Lipinski definition) is 3. The van der Waals surface area contributed by atoms with Crippen molar-refractivity contribution in [2.75, 3.05) is 7.05 Å². The van der Waals surface area contributed by atoms with E-state index < -0.39 is 0 Å². The molecule has 0 aromatic carbocycles. The summed E-state index contributed by atoms with van der Waals surface area (Å²) in [5, 5.41) is 3.15. The smallest absolute Gasteiger partial charge is 0.246 e. The van der Waals surface area contributed by atoms with Gasteiger partial charge >= 0.3 is 0 Å². The Morgan fingerprint density at radius 3 is 2.50 bits per heavy atom. The molecule has 1 atom stereocenters. The second-order valence-electron chi connectivity index (χ2n) is 3.49. The monoisotopic (exact) mass is 168 g/mol. The number of imide groups is 1. The highest BCUT2D eigenvalue weighted by Gasteiger charge is 2.38. The minimum Gasteiger partial charge on any atom is -0.303 e. The summed E-state index contributed by atoms with van der Waals surface area (Å²) in [6, 6.07) is 0.244. The first kappa shape index (κ1) is 7.73. The third kappa shape index (κ3) is 1.22. The van der Waals surface area contributed by atoms with E-state index in [1.807, 2.05) is 0 Å². The zero-order valence-electron chi connectivity index (χ0n) is 7.04.